The molecular weight excluding hydrogens is 457 g/mol. The molecule has 2 heterocycles. The highest BCUT2D eigenvalue weighted by Crippen LogP contribution is 2.49. The van der Waals surface area contributed by atoms with Crippen LogP contribution in [0, 0.1) is 17.7 Å². The average molecular weight is 486 g/mol. The van der Waals surface area contributed by atoms with E-state index in [0.717, 1.165) is 49.1 Å². The zero-order valence-corrected chi connectivity index (χ0v) is 20.1. The third-order valence-corrected chi connectivity index (χ3v) is 8.52. The second kappa shape index (κ2) is 9.72. The molecule has 3 atom stereocenters. The average Bonchev–Trinajstić information content (AvgIpc) is 3.57. The van der Waals surface area contributed by atoms with Crippen molar-refractivity contribution < 1.29 is 18.7 Å². The fourth-order valence-corrected chi connectivity index (χ4v) is 6.88. The molecule has 4 nitrogen and oxygen atoms in total. The number of amides is 1. The molecule has 0 radical (unpaired) electrons. The van der Waals surface area contributed by atoms with Gasteiger partial charge in [-0.05, 0) is 86.3 Å². The van der Waals surface area contributed by atoms with Crippen molar-refractivity contribution in [2.45, 2.75) is 57.4 Å². The Morgan fingerprint density at radius 2 is 2.00 bits per heavy atom. The van der Waals surface area contributed by atoms with Gasteiger partial charge in [0.25, 0.3) is 5.91 Å². The van der Waals surface area contributed by atoms with E-state index in [2.05, 4.69) is 0 Å². The summed E-state index contributed by atoms with van der Waals surface area (Å²) < 4.78 is 20.2. The summed E-state index contributed by atoms with van der Waals surface area (Å²) in [5, 5.41) is 9.08. The van der Waals surface area contributed by atoms with Crippen molar-refractivity contribution in [1.29, 1.82) is 0 Å². The van der Waals surface area contributed by atoms with E-state index in [1.54, 1.807) is 12.1 Å². The lowest BCUT2D eigenvalue weighted by Crippen LogP contribution is -2.41. The number of thioether (sulfide) groups is 1. The van der Waals surface area contributed by atoms with Crippen LogP contribution in [-0.4, -0.2) is 32.9 Å². The topological polar surface area (TPSA) is 53.7 Å². The highest BCUT2D eigenvalue weighted by molar-refractivity contribution is 8.26. The number of halogens is 1. The first-order valence-corrected chi connectivity index (χ1v) is 13.0. The minimum Gasteiger partial charge on any atom is -0.456 e. The fraction of sp³-hybridized carbons (Fsp3) is 0.462. The number of aliphatic hydroxyl groups excluding tert-OH is 1. The third kappa shape index (κ3) is 4.68. The molecule has 174 valence electrons. The van der Waals surface area contributed by atoms with Crippen molar-refractivity contribution in [1.82, 2.24) is 4.90 Å². The maximum Gasteiger partial charge on any atom is 0.266 e. The van der Waals surface area contributed by atoms with E-state index >= 15 is 0 Å². The predicted molar refractivity (Wildman–Crippen MR) is 133 cm³/mol. The van der Waals surface area contributed by atoms with Crippen molar-refractivity contribution in [2.75, 3.05) is 6.61 Å². The molecule has 2 aliphatic carbocycles. The maximum atomic E-state index is 13.4. The van der Waals surface area contributed by atoms with E-state index in [1.807, 2.05) is 17.0 Å². The first-order valence-electron chi connectivity index (χ1n) is 11.8. The van der Waals surface area contributed by atoms with Gasteiger partial charge in [-0.2, -0.15) is 0 Å². The minimum atomic E-state index is -0.293. The lowest BCUT2D eigenvalue weighted by Gasteiger charge is -2.30. The molecule has 1 aromatic carbocycles. The second-order valence-electron chi connectivity index (χ2n) is 9.34. The molecular formula is C26H28FNO3S2. The van der Waals surface area contributed by atoms with Crippen LogP contribution >= 0.6 is 24.0 Å². The summed E-state index contributed by atoms with van der Waals surface area (Å²) in [5.41, 5.74) is 1.81. The molecule has 1 aromatic heterocycles. The number of hydrogen-bond donors (Lipinski definition) is 1. The number of furan rings is 1. The third-order valence-electron chi connectivity index (χ3n) is 7.19. The molecule has 2 bridgehead atoms. The molecule has 7 heteroatoms. The maximum absolute atomic E-state index is 13.4. The van der Waals surface area contributed by atoms with Gasteiger partial charge in [0.1, 0.15) is 21.7 Å². The fourth-order valence-electron chi connectivity index (χ4n) is 5.53. The van der Waals surface area contributed by atoms with Crippen LogP contribution in [0.5, 0.6) is 0 Å². The van der Waals surface area contributed by atoms with Crippen LogP contribution in [0.1, 0.15) is 56.3 Å². The number of unbranched alkanes of at least 4 members (excludes halogenated alkanes) is 2. The Balaban J connectivity index is 1.41. The van der Waals surface area contributed by atoms with Gasteiger partial charge in [0, 0.05) is 24.3 Å². The van der Waals surface area contributed by atoms with Gasteiger partial charge in [-0.3, -0.25) is 9.69 Å². The largest absolute Gasteiger partial charge is 0.456 e. The van der Waals surface area contributed by atoms with Gasteiger partial charge >= 0.3 is 0 Å². The van der Waals surface area contributed by atoms with Gasteiger partial charge in [-0.1, -0.05) is 36.8 Å². The van der Waals surface area contributed by atoms with Crippen molar-refractivity contribution in [2.24, 2.45) is 11.8 Å². The quantitative estimate of drug-likeness (QED) is 0.275. The lowest BCUT2D eigenvalue weighted by molar-refractivity contribution is -0.124. The Bertz CT molecular complexity index is 1080. The van der Waals surface area contributed by atoms with Crippen LogP contribution in [0.25, 0.3) is 17.4 Å². The molecule has 33 heavy (non-hydrogen) atoms. The summed E-state index contributed by atoms with van der Waals surface area (Å²) in [6.07, 6.45) is 9.97. The summed E-state index contributed by atoms with van der Waals surface area (Å²) in [6.45, 7) is 0.185. The lowest BCUT2D eigenvalue weighted by atomic mass is 9.94. The van der Waals surface area contributed by atoms with Crippen molar-refractivity contribution in [3.8, 4) is 11.3 Å². The second-order valence-corrected chi connectivity index (χ2v) is 11.0. The SMILES string of the molecule is O=C1/C(=C\c2oc(-c3ccc(F)cc3)cc2CCCCCO)SC(=S)N1C1CC2CCC1C2. The Hall–Kier alpha value is -1.96. The number of thiocarbonyl (C=S) groups is 1. The highest BCUT2D eigenvalue weighted by Gasteiger charge is 2.48. The first kappa shape index (κ1) is 22.8. The predicted octanol–water partition coefficient (Wildman–Crippen LogP) is 6.18. The van der Waals surface area contributed by atoms with E-state index in [-0.39, 0.29) is 24.4 Å². The molecule has 3 aliphatic rings. The van der Waals surface area contributed by atoms with Gasteiger partial charge in [0.15, 0.2) is 0 Å². The number of benzene rings is 1. The van der Waals surface area contributed by atoms with Crippen molar-refractivity contribution >= 4 is 40.3 Å². The van der Waals surface area contributed by atoms with Gasteiger partial charge in [-0.25, -0.2) is 4.39 Å². The first-order chi connectivity index (χ1) is 16.0. The summed E-state index contributed by atoms with van der Waals surface area (Å²) in [4.78, 5) is 15.8. The monoisotopic (exact) mass is 485 g/mol. The number of hydrogen-bond acceptors (Lipinski definition) is 5. The molecule has 1 saturated heterocycles. The van der Waals surface area contributed by atoms with Crippen LogP contribution in [0.4, 0.5) is 4.39 Å². The van der Waals surface area contributed by atoms with Crippen LogP contribution in [0.15, 0.2) is 39.7 Å². The van der Waals surface area contributed by atoms with Crippen LogP contribution in [0.3, 0.4) is 0 Å². The number of fused-ring (bicyclic) bond motifs is 2. The molecule has 0 spiro atoms. The molecule has 3 fully saturated rings. The molecule has 2 saturated carbocycles. The molecule has 1 aliphatic heterocycles. The number of carbonyl (C=O) groups excluding carboxylic acids is 1. The molecule has 1 amide bonds. The van der Waals surface area contributed by atoms with Crippen LogP contribution in [0.2, 0.25) is 0 Å². The van der Waals surface area contributed by atoms with E-state index in [0.29, 0.717) is 26.7 Å². The van der Waals surface area contributed by atoms with Gasteiger partial charge in [0.05, 0.1) is 4.91 Å². The zero-order chi connectivity index (χ0) is 22.9. The summed E-state index contributed by atoms with van der Waals surface area (Å²) in [5.74, 6) is 2.33. The highest BCUT2D eigenvalue weighted by atomic mass is 32.2. The molecule has 1 N–H and O–H groups in total. The standard InChI is InChI=1S/C26H28FNO3S2/c27-20-9-7-17(8-10-20)22-14-19(4-2-1-3-11-29)23(31-22)15-24-25(30)28(26(32)33-24)21-13-16-5-6-18(21)12-16/h7-10,14-16,18,21,29H,1-6,11-13H2/b24-15+. The van der Waals surface area contributed by atoms with Gasteiger partial charge in [-0.15, -0.1) is 0 Å². The van der Waals surface area contributed by atoms with E-state index in [4.69, 9.17) is 21.7 Å². The molecule has 2 aromatic rings. The number of nitrogens with zero attached hydrogens (tertiary/aromatic N) is 1. The smallest absolute Gasteiger partial charge is 0.266 e. The Morgan fingerprint density at radius 1 is 1.18 bits per heavy atom. The number of carbonyl (C=O) groups is 1. The Morgan fingerprint density at radius 3 is 2.70 bits per heavy atom. The van der Waals surface area contributed by atoms with E-state index < -0.39 is 0 Å². The summed E-state index contributed by atoms with van der Waals surface area (Å²) >= 11 is 6.99. The van der Waals surface area contributed by atoms with Crippen LogP contribution < -0.4 is 0 Å². The van der Waals surface area contributed by atoms with E-state index in [1.165, 1.54) is 43.2 Å². The number of rotatable bonds is 8. The van der Waals surface area contributed by atoms with Crippen molar-refractivity contribution in [3.05, 3.63) is 52.4 Å². The molecule has 3 unspecified atom stereocenters. The van der Waals surface area contributed by atoms with E-state index in [9.17, 15) is 9.18 Å². The van der Waals surface area contributed by atoms with Crippen LogP contribution in [-0.2, 0) is 11.2 Å². The minimum absolute atomic E-state index is 0.00601. The zero-order valence-electron chi connectivity index (χ0n) is 18.5. The number of aliphatic hydroxyl groups is 1. The number of aryl methyl sites for hydroxylation is 1. The summed E-state index contributed by atoms with van der Waals surface area (Å²) in [7, 11) is 0. The van der Waals surface area contributed by atoms with Gasteiger partial charge in [0.2, 0.25) is 0 Å². The normalized spacial score (nSPS) is 25.7. The van der Waals surface area contributed by atoms with Gasteiger partial charge < -0.3 is 9.52 Å². The Kier molecular flexibility index (Phi) is 6.72. The Labute approximate surface area is 203 Å². The van der Waals surface area contributed by atoms with Crippen molar-refractivity contribution in [3.63, 3.8) is 0 Å². The summed E-state index contributed by atoms with van der Waals surface area (Å²) in [6, 6.07) is 8.45. The molecule has 5 rings (SSSR count).